The molecule has 0 aromatic rings. The predicted molar refractivity (Wildman–Crippen MR) is 62.8 cm³/mol. The van der Waals surface area contributed by atoms with Crippen molar-refractivity contribution in [1.29, 1.82) is 0 Å². The van der Waals surface area contributed by atoms with Crippen LogP contribution in [0.25, 0.3) is 0 Å². The second kappa shape index (κ2) is 10.9. The molecule has 0 aliphatic rings. The molecule has 3 nitrogen and oxygen atoms in total. The quantitative estimate of drug-likeness (QED) is 0.447. The minimum Gasteiger partial charge on any atom is -0.380 e. The molecule has 0 spiro atoms. The van der Waals surface area contributed by atoms with Gasteiger partial charge in [0.1, 0.15) is 0 Å². The smallest absolute Gasteiger partial charge is 0.0701 e. The summed E-state index contributed by atoms with van der Waals surface area (Å²) in [7, 11) is 0. The van der Waals surface area contributed by atoms with Crippen molar-refractivity contribution in [2.45, 2.75) is 20.3 Å². The van der Waals surface area contributed by atoms with Gasteiger partial charge in [0.25, 0.3) is 0 Å². The van der Waals surface area contributed by atoms with E-state index in [1.807, 2.05) is 0 Å². The first-order chi connectivity index (χ1) is 6.77. The molecule has 0 heterocycles. The maximum Gasteiger partial charge on any atom is 0.0701 e. The molecule has 0 fully saturated rings. The van der Waals surface area contributed by atoms with E-state index in [0.29, 0.717) is 25.7 Å². The van der Waals surface area contributed by atoms with E-state index >= 15 is 0 Å². The van der Waals surface area contributed by atoms with Crippen LogP contribution in [0.5, 0.6) is 0 Å². The minimum absolute atomic E-state index is 0.664. The van der Waals surface area contributed by atoms with E-state index in [4.69, 9.17) is 9.47 Å². The molecule has 0 atom stereocenters. The Bertz CT molecular complexity index is 131. The number of hydrogen-bond acceptors (Lipinski definition) is 3. The number of ether oxygens (including phenoxy) is 2. The molecule has 0 aliphatic carbocycles. The van der Waals surface area contributed by atoms with Crippen molar-refractivity contribution >= 4 is 17.7 Å². The van der Waals surface area contributed by atoms with Crippen molar-refractivity contribution in [2.75, 3.05) is 33.0 Å². The largest absolute Gasteiger partial charge is 0.380 e. The molecule has 14 heavy (non-hydrogen) atoms. The zero-order valence-electron chi connectivity index (χ0n) is 9.12. The standard InChI is InChI=1S/C10H21NO2S/c1-10(2)3-5-12-7-8-13-6-4-11-9-14/h9-10H,3-8H2,1-2H3,(H,11,14). The third-order valence-electron chi connectivity index (χ3n) is 1.69. The molecule has 0 rings (SSSR count). The number of hydrogen-bond donors (Lipinski definition) is 1. The highest BCUT2D eigenvalue weighted by molar-refractivity contribution is 7.78. The maximum atomic E-state index is 5.38. The summed E-state index contributed by atoms with van der Waals surface area (Å²) in [4.78, 5) is 0. The lowest BCUT2D eigenvalue weighted by molar-refractivity contribution is 0.0460. The first-order valence-electron chi connectivity index (χ1n) is 5.10. The van der Waals surface area contributed by atoms with Crippen LogP contribution < -0.4 is 5.32 Å². The lowest BCUT2D eigenvalue weighted by atomic mass is 10.1. The van der Waals surface area contributed by atoms with Gasteiger partial charge >= 0.3 is 0 Å². The van der Waals surface area contributed by atoms with Gasteiger partial charge in [0.15, 0.2) is 0 Å². The third-order valence-corrected chi connectivity index (χ3v) is 1.85. The van der Waals surface area contributed by atoms with E-state index in [9.17, 15) is 0 Å². The van der Waals surface area contributed by atoms with Gasteiger partial charge in [-0.25, -0.2) is 0 Å². The summed E-state index contributed by atoms with van der Waals surface area (Å²) in [5.74, 6) is 0.711. The fourth-order valence-electron chi connectivity index (χ4n) is 0.831. The zero-order chi connectivity index (χ0) is 10.6. The van der Waals surface area contributed by atoms with Gasteiger partial charge in [-0.2, -0.15) is 0 Å². The van der Waals surface area contributed by atoms with Gasteiger partial charge in [-0.15, -0.1) is 0 Å². The highest BCUT2D eigenvalue weighted by Crippen LogP contribution is 1.98. The summed E-state index contributed by atoms with van der Waals surface area (Å²) in [5, 5.41) is 2.89. The van der Waals surface area contributed by atoms with Gasteiger partial charge in [0, 0.05) is 13.2 Å². The molecule has 0 unspecified atom stereocenters. The molecule has 0 bridgehead atoms. The van der Waals surface area contributed by atoms with Gasteiger partial charge in [0.05, 0.1) is 25.3 Å². The molecule has 0 aromatic heterocycles. The Balaban J connectivity index is 2.88. The first kappa shape index (κ1) is 13.8. The predicted octanol–water partition coefficient (Wildman–Crippen LogP) is 1.61. The van der Waals surface area contributed by atoms with Crippen LogP contribution in [-0.2, 0) is 9.47 Å². The molecule has 0 aliphatic heterocycles. The van der Waals surface area contributed by atoms with Crippen molar-refractivity contribution in [3.63, 3.8) is 0 Å². The topological polar surface area (TPSA) is 30.5 Å². The number of rotatable bonds is 10. The lowest BCUT2D eigenvalue weighted by Crippen LogP contribution is -2.18. The van der Waals surface area contributed by atoms with Crippen LogP contribution >= 0.6 is 12.2 Å². The molecule has 1 N–H and O–H groups in total. The Morgan fingerprint density at radius 3 is 2.36 bits per heavy atom. The van der Waals surface area contributed by atoms with Crippen molar-refractivity contribution < 1.29 is 9.47 Å². The second-order valence-electron chi connectivity index (χ2n) is 3.48. The molecule has 0 aromatic carbocycles. The summed E-state index contributed by atoms with van der Waals surface area (Å²) in [6, 6.07) is 0. The fourth-order valence-corrected chi connectivity index (χ4v) is 0.949. The molecule has 0 saturated heterocycles. The van der Waals surface area contributed by atoms with Crippen molar-refractivity contribution in [1.82, 2.24) is 5.32 Å². The average Bonchev–Trinajstić information content (AvgIpc) is 2.15. The normalized spacial score (nSPS) is 10.5. The van der Waals surface area contributed by atoms with Gasteiger partial charge < -0.3 is 14.8 Å². The van der Waals surface area contributed by atoms with Crippen LogP contribution in [-0.4, -0.2) is 38.5 Å². The maximum absolute atomic E-state index is 5.38. The first-order valence-corrected chi connectivity index (χ1v) is 5.57. The van der Waals surface area contributed by atoms with Crippen molar-refractivity contribution in [2.24, 2.45) is 5.92 Å². The number of nitrogens with one attached hydrogen (secondary N) is 1. The van der Waals surface area contributed by atoms with E-state index in [1.54, 1.807) is 0 Å². The van der Waals surface area contributed by atoms with Crippen molar-refractivity contribution in [3.8, 4) is 0 Å². The van der Waals surface area contributed by atoms with Gasteiger partial charge in [-0.05, 0) is 12.3 Å². The van der Waals surface area contributed by atoms with E-state index < -0.39 is 0 Å². The van der Waals surface area contributed by atoms with Crippen molar-refractivity contribution in [3.05, 3.63) is 0 Å². The van der Waals surface area contributed by atoms with Crippen LogP contribution in [0.3, 0.4) is 0 Å². The molecule has 4 heteroatoms. The average molecular weight is 219 g/mol. The molecule has 84 valence electrons. The SMILES string of the molecule is CC(C)CCOCCOCCNC=S. The summed E-state index contributed by atoms with van der Waals surface area (Å²) >= 11 is 4.60. The van der Waals surface area contributed by atoms with Crippen LogP contribution in [0.15, 0.2) is 0 Å². The van der Waals surface area contributed by atoms with E-state index in [0.717, 1.165) is 19.6 Å². The van der Waals surface area contributed by atoms with Gasteiger partial charge in [0.2, 0.25) is 0 Å². The summed E-state index contributed by atoms with van der Waals surface area (Å²) in [5.41, 5.74) is 1.50. The van der Waals surface area contributed by atoms with E-state index in [-0.39, 0.29) is 0 Å². The van der Waals surface area contributed by atoms with E-state index in [1.165, 1.54) is 5.49 Å². The Kier molecular flexibility index (Phi) is 10.7. The summed E-state index contributed by atoms with van der Waals surface area (Å²) in [6.45, 7) is 8.02. The van der Waals surface area contributed by atoms with Crippen LogP contribution in [0.1, 0.15) is 20.3 Å². The van der Waals surface area contributed by atoms with Crippen LogP contribution in [0, 0.1) is 5.92 Å². The van der Waals surface area contributed by atoms with Gasteiger partial charge in [-0.3, -0.25) is 0 Å². The fraction of sp³-hybridized carbons (Fsp3) is 0.900. The van der Waals surface area contributed by atoms with Crippen LogP contribution in [0.4, 0.5) is 0 Å². The third kappa shape index (κ3) is 11.8. The Hall–Kier alpha value is -0.190. The molecular weight excluding hydrogens is 198 g/mol. The Morgan fingerprint density at radius 1 is 1.14 bits per heavy atom. The van der Waals surface area contributed by atoms with E-state index in [2.05, 4.69) is 31.4 Å². The highest BCUT2D eigenvalue weighted by atomic mass is 32.1. The number of thiocarbonyl (C=S) groups is 1. The Morgan fingerprint density at radius 2 is 1.79 bits per heavy atom. The monoisotopic (exact) mass is 219 g/mol. The zero-order valence-corrected chi connectivity index (χ0v) is 9.94. The second-order valence-corrected chi connectivity index (χ2v) is 3.71. The summed E-state index contributed by atoms with van der Waals surface area (Å²) < 4.78 is 10.7. The molecule has 0 saturated carbocycles. The highest BCUT2D eigenvalue weighted by Gasteiger charge is 1.93. The van der Waals surface area contributed by atoms with Crippen LogP contribution in [0.2, 0.25) is 0 Å². The molecule has 0 radical (unpaired) electrons. The molecular formula is C10H21NO2S. The minimum atomic E-state index is 0.664. The lowest BCUT2D eigenvalue weighted by Gasteiger charge is -2.07. The van der Waals surface area contributed by atoms with Gasteiger partial charge in [-0.1, -0.05) is 26.1 Å². The summed E-state index contributed by atoms with van der Waals surface area (Å²) in [6.07, 6.45) is 1.12. The Labute approximate surface area is 92.2 Å². The molecule has 0 amide bonds.